The largest absolute Gasteiger partial charge is 0.481 e. The van der Waals surface area contributed by atoms with Crippen molar-refractivity contribution in [3.05, 3.63) is 75.6 Å². The number of hydrogen-bond donors (Lipinski definition) is 6. The van der Waals surface area contributed by atoms with Gasteiger partial charge in [0.15, 0.2) is 5.60 Å². The molecule has 6 N–H and O–H groups in total. The SMILES string of the molecule is O=C(NCCN(Cc1ccccn1)Cc1cncc2c(Cl)[nH]nc12)c1cccs1.O=C(O)CC(O)(CC(=O)O)C(=O)O. The molecule has 4 rings (SSSR count). The number of thiophene rings is 1. The fraction of sp³-hybridized carbons (Fsp3) is 0.269. The molecular weight excluding hydrogens is 592 g/mol. The van der Waals surface area contributed by atoms with E-state index in [4.69, 9.17) is 32.0 Å². The fourth-order valence-electron chi connectivity index (χ4n) is 3.78. The molecule has 0 atom stereocenters. The van der Waals surface area contributed by atoms with Gasteiger partial charge in [-0.2, -0.15) is 5.10 Å². The number of aromatic amines is 1. The summed E-state index contributed by atoms with van der Waals surface area (Å²) in [6, 6.07) is 9.54. The van der Waals surface area contributed by atoms with Gasteiger partial charge in [0.05, 0.1) is 28.8 Å². The highest BCUT2D eigenvalue weighted by Crippen LogP contribution is 2.23. The van der Waals surface area contributed by atoms with E-state index in [0.717, 1.165) is 22.2 Å². The standard InChI is InChI=1S/C20H19ClN6OS.C6H8O7/c21-19-16-11-22-10-14(18(16)25-26-19)12-27(13-15-4-1-2-6-23-15)8-7-24-20(28)17-5-3-9-29-17;7-3(8)1-6(13,5(11)12)2-4(9)10/h1-6,9-11H,7-8,12-13H2,(H,24,28)(H,25,26);13H,1-2H2,(H,7,8)(H,9,10)(H,11,12). The Morgan fingerprint density at radius 1 is 1.02 bits per heavy atom. The Labute approximate surface area is 247 Å². The molecule has 4 aromatic heterocycles. The van der Waals surface area contributed by atoms with Crippen LogP contribution in [-0.4, -0.2) is 88.0 Å². The third-order valence-corrected chi connectivity index (χ3v) is 6.90. The first-order valence-corrected chi connectivity index (χ1v) is 13.5. The van der Waals surface area contributed by atoms with Crippen LogP contribution in [0.5, 0.6) is 0 Å². The maximum Gasteiger partial charge on any atom is 0.336 e. The van der Waals surface area contributed by atoms with Crippen molar-refractivity contribution >= 4 is 57.7 Å². The van der Waals surface area contributed by atoms with Crippen molar-refractivity contribution in [2.24, 2.45) is 0 Å². The molecule has 0 bridgehead atoms. The normalized spacial score (nSPS) is 11.1. The van der Waals surface area contributed by atoms with Crippen molar-refractivity contribution in [2.75, 3.05) is 13.1 Å². The van der Waals surface area contributed by atoms with Crippen LogP contribution in [0.25, 0.3) is 10.9 Å². The van der Waals surface area contributed by atoms with Crippen LogP contribution in [0.15, 0.2) is 54.3 Å². The van der Waals surface area contributed by atoms with E-state index in [9.17, 15) is 19.2 Å². The van der Waals surface area contributed by atoms with E-state index in [1.807, 2.05) is 35.7 Å². The first kappa shape index (κ1) is 32.1. The highest BCUT2D eigenvalue weighted by molar-refractivity contribution is 7.12. The van der Waals surface area contributed by atoms with E-state index >= 15 is 0 Å². The third-order valence-electron chi connectivity index (χ3n) is 5.75. The Balaban J connectivity index is 0.000000316. The van der Waals surface area contributed by atoms with Crippen molar-refractivity contribution in [1.82, 2.24) is 30.4 Å². The molecule has 0 aromatic carbocycles. The summed E-state index contributed by atoms with van der Waals surface area (Å²) in [6.07, 6.45) is 3.00. The number of pyridine rings is 2. The first-order chi connectivity index (χ1) is 20.0. The van der Waals surface area contributed by atoms with Gasteiger partial charge < -0.3 is 25.7 Å². The topological polar surface area (TPSA) is 219 Å². The van der Waals surface area contributed by atoms with E-state index in [1.165, 1.54) is 11.3 Å². The number of rotatable bonds is 13. The molecule has 0 spiro atoms. The Morgan fingerprint density at radius 2 is 1.76 bits per heavy atom. The zero-order chi connectivity index (χ0) is 30.7. The van der Waals surface area contributed by atoms with Crippen LogP contribution in [0.2, 0.25) is 5.15 Å². The first-order valence-electron chi connectivity index (χ1n) is 12.3. The van der Waals surface area contributed by atoms with Gasteiger partial charge in [-0.15, -0.1) is 11.3 Å². The quantitative estimate of drug-likeness (QED) is 0.127. The summed E-state index contributed by atoms with van der Waals surface area (Å²) >= 11 is 7.58. The number of carboxylic acid groups (broad SMARTS) is 3. The lowest BCUT2D eigenvalue weighted by Gasteiger charge is -2.22. The van der Waals surface area contributed by atoms with Crippen LogP contribution in [0, 0.1) is 0 Å². The minimum absolute atomic E-state index is 0.0550. The number of H-pyrrole nitrogens is 1. The van der Waals surface area contributed by atoms with Crippen LogP contribution in [0.4, 0.5) is 0 Å². The molecule has 14 nitrogen and oxygen atoms in total. The number of carbonyl (C=O) groups is 4. The lowest BCUT2D eigenvalue weighted by Crippen LogP contribution is -2.42. The summed E-state index contributed by atoms with van der Waals surface area (Å²) in [5.74, 6) is -5.07. The third kappa shape index (κ3) is 9.31. The minimum Gasteiger partial charge on any atom is -0.481 e. The number of hydrogen-bond acceptors (Lipinski definition) is 10. The highest BCUT2D eigenvalue weighted by atomic mass is 35.5. The molecule has 222 valence electrons. The van der Waals surface area contributed by atoms with Crippen molar-refractivity contribution in [3.8, 4) is 0 Å². The predicted octanol–water partition coefficient (Wildman–Crippen LogP) is 2.25. The van der Waals surface area contributed by atoms with E-state index < -0.39 is 36.4 Å². The monoisotopic (exact) mass is 618 g/mol. The Hall–Kier alpha value is -4.44. The molecule has 4 aromatic rings. The Morgan fingerprint density at radius 3 is 2.36 bits per heavy atom. The molecule has 16 heteroatoms. The van der Waals surface area contributed by atoms with Crippen molar-refractivity contribution in [2.45, 2.75) is 31.5 Å². The average molecular weight is 619 g/mol. The number of aliphatic hydroxyl groups is 1. The van der Waals surface area contributed by atoms with Crippen molar-refractivity contribution < 1.29 is 39.6 Å². The molecule has 42 heavy (non-hydrogen) atoms. The molecular formula is C26H27ClN6O8S. The van der Waals surface area contributed by atoms with Crippen LogP contribution in [0.1, 0.15) is 33.8 Å². The second-order valence-corrected chi connectivity index (χ2v) is 10.3. The summed E-state index contributed by atoms with van der Waals surface area (Å²) in [5, 5.41) is 47.1. The smallest absolute Gasteiger partial charge is 0.336 e. The molecule has 0 aliphatic rings. The molecule has 0 aliphatic heterocycles. The summed E-state index contributed by atoms with van der Waals surface area (Å²) in [5.41, 5.74) is -0.0143. The number of carboxylic acids is 3. The molecule has 0 unspecified atom stereocenters. The second-order valence-electron chi connectivity index (χ2n) is 8.98. The van der Waals surface area contributed by atoms with Gasteiger partial charge in [-0.3, -0.25) is 34.4 Å². The van der Waals surface area contributed by atoms with Gasteiger partial charge in [0, 0.05) is 50.3 Å². The molecule has 4 heterocycles. The summed E-state index contributed by atoms with van der Waals surface area (Å²) < 4.78 is 0. The zero-order valence-corrected chi connectivity index (χ0v) is 23.5. The number of aromatic nitrogens is 4. The molecule has 0 radical (unpaired) electrons. The number of halogens is 1. The number of nitrogens with zero attached hydrogens (tertiary/aromatic N) is 4. The van der Waals surface area contributed by atoms with Gasteiger partial charge in [0.2, 0.25) is 0 Å². The second kappa shape index (κ2) is 15.0. The van der Waals surface area contributed by atoms with E-state index in [0.29, 0.717) is 36.2 Å². The number of fused-ring (bicyclic) bond motifs is 1. The van der Waals surface area contributed by atoms with Crippen molar-refractivity contribution in [1.29, 1.82) is 0 Å². The Bertz CT molecular complexity index is 1500. The number of aliphatic carboxylic acids is 3. The molecule has 0 fully saturated rings. The van der Waals surface area contributed by atoms with Crippen molar-refractivity contribution in [3.63, 3.8) is 0 Å². The maximum absolute atomic E-state index is 12.2. The molecule has 1 amide bonds. The van der Waals surface area contributed by atoms with E-state index in [1.54, 1.807) is 18.6 Å². The van der Waals surface area contributed by atoms with Crippen LogP contribution < -0.4 is 5.32 Å². The number of amides is 1. The van der Waals surface area contributed by atoms with Gasteiger partial charge in [0.25, 0.3) is 5.91 Å². The average Bonchev–Trinajstić information content (AvgIpc) is 3.60. The molecule has 0 saturated carbocycles. The molecule has 0 aliphatic carbocycles. The van der Waals surface area contributed by atoms with Gasteiger partial charge in [-0.1, -0.05) is 23.7 Å². The Kier molecular flexibility index (Phi) is 11.4. The maximum atomic E-state index is 12.2. The zero-order valence-electron chi connectivity index (χ0n) is 21.9. The van der Waals surface area contributed by atoms with E-state index in [2.05, 4.69) is 30.4 Å². The number of nitrogens with one attached hydrogen (secondary N) is 2. The highest BCUT2D eigenvalue weighted by Gasteiger charge is 2.40. The van der Waals surface area contributed by atoms with Crippen LogP contribution >= 0.6 is 22.9 Å². The minimum atomic E-state index is -2.74. The van der Waals surface area contributed by atoms with Gasteiger partial charge in [-0.25, -0.2) is 4.79 Å². The summed E-state index contributed by atoms with van der Waals surface area (Å²) in [4.78, 5) is 54.3. The van der Waals surface area contributed by atoms with Gasteiger partial charge in [0.1, 0.15) is 10.7 Å². The van der Waals surface area contributed by atoms with Gasteiger partial charge >= 0.3 is 17.9 Å². The molecule has 0 saturated heterocycles. The van der Waals surface area contributed by atoms with E-state index in [-0.39, 0.29) is 5.91 Å². The lowest BCUT2D eigenvalue weighted by atomic mass is 9.96. The lowest BCUT2D eigenvalue weighted by molar-refractivity contribution is -0.170. The fourth-order valence-corrected chi connectivity index (χ4v) is 4.60. The van der Waals surface area contributed by atoms with Crippen LogP contribution in [-0.2, 0) is 27.5 Å². The summed E-state index contributed by atoms with van der Waals surface area (Å²) in [7, 11) is 0. The summed E-state index contributed by atoms with van der Waals surface area (Å²) in [6.45, 7) is 2.43. The van der Waals surface area contributed by atoms with Gasteiger partial charge in [-0.05, 0) is 23.6 Å². The number of carbonyl (C=O) groups excluding carboxylic acids is 1. The van der Waals surface area contributed by atoms with Crippen LogP contribution in [0.3, 0.4) is 0 Å². The predicted molar refractivity (Wildman–Crippen MR) is 151 cm³/mol.